The molecule has 254 valence electrons. The van der Waals surface area contributed by atoms with Crippen molar-refractivity contribution in [3.63, 3.8) is 0 Å². The van der Waals surface area contributed by atoms with Gasteiger partial charge in [0.15, 0.2) is 5.82 Å². The predicted molar refractivity (Wildman–Crippen MR) is 179 cm³/mol. The van der Waals surface area contributed by atoms with Crippen LogP contribution in [0.5, 0.6) is 11.6 Å². The molecule has 0 bridgehead atoms. The third-order valence-electron chi connectivity index (χ3n) is 10.9. The van der Waals surface area contributed by atoms with Gasteiger partial charge in [0.05, 0.1) is 5.56 Å². The molecule has 0 radical (unpaired) electrons. The molecule has 10 nitrogen and oxygen atoms in total. The Bertz CT molecular complexity index is 1510. The molecule has 47 heavy (non-hydrogen) atoms. The van der Waals surface area contributed by atoms with Crippen molar-refractivity contribution in [2.45, 2.75) is 104 Å². The molecule has 2 spiro atoms. The molecule has 0 unspecified atom stereocenters. The molecule has 1 N–H and O–H groups in total. The second-order valence-electron chi connectivity index (χ2n) is 15.2. The van der Waals surface area contributed by atoms with Gasteiger partial charge in [-0.25, -0.2) is 9.37 Å². The third kappa shape index (κ3) is 6.87. The number of aromatic nitrogens is 3. The van der Waals surface area contributed by atoms with Gasteiger partial charge in [0.1, 0.15) is 17.9 Å². The van der Waals surface area contributed by atoms with Gasteiger partial charge in [-0.3, -0.25) is 9.59 Å². The summed E-state index contributed by atoms with van der Waals surface area (Å²) in [5.74, 6) is 1.06. The van der Waals surface area contributed by atoms with E-state index < -0.39 is 5.82 Å². The Morgan fingerprint density at radius 2 is 1.77 bits per heavy atom. The summed E-state index contributed by atoms with van der Waals surface area (Å²) in [7, 11) is 0. The Kier molecular flexibility index (Phi) is 9.30. The van der Waals surface area contributed by atoms with Crippen LogP contribution in [0, 0.1) is 17.2 Å². The van der Waals surface area contributed by atoms with Gasteiger partial charge in [-0.2, -0.15) is 0 Å². The van der Waals surface area contributed by atoms with Crippen LogP contribution in [0.25, 0.3) is 0 Å². The molecule has 1 saturated carbocycles. The van der Waals surface area contributed by atoms with Crippen molar-refractivity contribution in [3.8, 4) is 11.6 Å². The molecule has 6 rings (SSSR count). The van der Waals surface area contributed by atoms with Crippen LogP contribution in [0.2, 0.25) is 0 Å². The van der Waals surface area contributed by atoms with Crippen molar-refractivity contribution in [3.05, 3.63) is 47.1 Å². The van der Waals surface area contributed by atoms with E-state index in [1.54, 1.807) is 4.90 Å². The first-order chi connectivity index (χ1) is 22.4. The molecule has 2 amide bonds. The van der Waals surface area contributed by atoms with Crippen molar-refractivity contribution >= 4 is 17.6 Å². The Labute approximate surface area is 278 Å². The first kappa shape index (κ1) is 33.3. The quantitative estimate of drug-likeness (QED) is 0.362. The molecule has 4 heterocycles. The summed E-state index contributed by atoms with van der Waals surface area (Å²) in [5, 5.41) is 11.5. The fourth-order valence-electron chi connectivity index (χ4n) is 8.31. The summed E-state index contributed by atoms with van der Waals surface area (Å²) in [6.45, 7) is 16.9. The normalized spacial score (nSPS) is 24.2. The molecule has 3 aliphatic heterocycles. The largest absolute Gasteiger partial charge is 0.434 e. The minimum atomic E-state index is -0.505. The number of allylic oxidation sites excluding steroid dienone is 1. The summed E-state index contributed by atoms with van der Waals surface area (Å²) in [5.41, 5.74) is 2.50. The second-order valence-corrected chi connectivity index (χ2v) is 15.2. The lowest BCUT2D eigenvalue weighted by Gasteiger charge is -2.54. The van der Waals surface area contributed by atoms with Gasteiger partial charge in [0.2, 0.25) is 5.91 Å². The van der Waals surface area contributed by atoms with E-state index >= 15 is 0 Å². The highest BCUT2D eigenvalue weighted by molar-refractivity contribution is 5.98. The van der Waals surface area contributed by atoms with Gasteiger partial charge < -0.3 is 24.8 Å². The first-order valence-electron chi connectivity index (χ1n) is 17.3. The highest BCUT2D eigenvalue weighted by Crippen LogP contribution is 2.46. The van der Waals surface area contributed by atoms with Crippen molar-refractivity contribution in [2.75, 3.05) is 37.6 Å². The average Bonchev–Trinajstić information content (AvgIpc) is 3.34. The fourth-order valence-corrected chi connectivity index (χ4v) is 8.31. The van der Waals surface area contributed by atoms with E-state index in [-0.39, 0.29) is 52.0 Å². The highest BCUT2D eigenvalue weighted by atomic mass is 19.1. The highest BCUT2D eigenvalue weighted by Gasteiger charge is 2.47. The number of hydrogen-bond donors (Lipinski definition) is 1. The van der Waals surface area contributed by atoms with Gasteiger partial charge in [-0.15, -0.1) is 10.2 Å². The zero-order valence-corrected chi connectivity index (χ0v) is 28.8. The average molecular weight is 648 g/mol. The van der Waals surface area contributed by atoms with Crippen LogP contribution in [-0.2, 0) is 4.79 Å². The van der Waals surface area contributed by atoms with Crippen LogP contribution >= 0.6 is 0 Å². The van der Waals surface area contributed by atoms with Crippen LogP contribution in [-0.4, -0.2) is 87.1 Å². The number of ether oxygens (including phenoxy) is 1. The van der Waals surface area contributed by atoms with E-state index in [1.807, 2.05) is 41.5 Å². The van der Waals surface area contributed by atoms with Crippen molar-refractivity contribution < 1.29 is 18.7 Å². The predicted octanol–water partition coefficient (Wildman–Crippen LogP) is 5.75. The zero-order valence-electron chi connectivity index (χ0n) is 28.8. The molecule has 11 heteroatoms. The molecular weight excluding hydrogens is 597 g/mol. The molecule has 3 saturated heterocycles. The number of anilines is 1. The molecule has 1 aromatic carbocycles. The number of benzene rings is 1. The second kappa shape index (κ2) is 13.1. The summed E-state index contributed by atoms with van der Waals surface area (Å²) < 4.78 is 20.6. The molecule has 4 fully saturated rings. The maximum Gasteiger partial charge on any atom is 0.282 e. The monoisotopic (exact) mass is 647 g/mol. The third-order valence-corrected chi connectivity index (χ3v) is 10.9. The number of halogens is 1. The molecular formula is C36H50FN7O3. The fraction of sp³-hybridized carbons (Fsp3) is 0.639. The maximum absolute atomic E-state index is 14.4. The summed E-state index contributed by atoms with van der Waals surface area (Å²) >= 11 is 0. The molecule has 1 aromatic heterocycles. The Balaban J connectivity index is 1.04. The zero-order chi connectivity index (χ0) is 33.5. The van der Waals surface area contributed by atoms with Gasteiger partial charge in [-0.1, -0.05) is 5.57 Å². The van der Waals surface area contributed by atoms with Gasteiger partial charge in [0.25, 0.3) is 11.8 Å². The molecule has 2 aromatic rings. The number of amides is 2. The minimum absolute atomic E-state index is 0.0176. The number of nitrogens with zero attached hydrogens (tertiary/aromatic N) is 6. The van der Waals surface area contributed by atoms with E-state index in [9.17, 15) is 14.0 Å². The lowest BCUT2D eigenvalue weighted by atomic mass is 9.71. The summed E-state index contributed by atoms with van der Waals surface area (Å²) in [4.78, 5) is 37.1. The lowest BCUT2D eigenvalue weighted by molar-refractivity contribution is -0.117. The van der Waals surface area contributed by atoms with Crippen LogP contribution < -0.4 is 15.0 Å². The van der Waals surface area contributed by atoms with Crippen LogP contribution in [0.3, 0.4) is 0 Å². The number of piperidine rings is 1. The number of carbonyl (C=O) groups is 2. The Morgan fingerprint density at radius 3 is 2.38 bits per heavy atom. The molecule has 4 aliphatic rings. The first-order valence-corrected chi connectivity index (χ1v) is 17.3. The summed E-state index contributed by atoms with van der Waals surface area (Å²) in [6, 6.07) is 3.86. The van der Waals surface area contributed by atoms with E-state index in [4.69, 9.17) is 4.74 Å². The number of nitrogens with one attached hydrogen (secondary N) is 1. The van der Waals surface area contributed by atoms with Crippen molar-refractivity contribution in [1.82, 2.24) is 30.3 Å². The summed E-state index contributed by atoms with van der Waals surface area (Å²) in [6.07, 6.45) is 9.05. The van der Waals surface area contributed by atoms with E-state index in [2.05, 4.69) is 30.3 Å². The number of hydrogen-bond acceptors (Lipinski definition) is 8. The maximum atomic E-state index is 14.4. The van der Waals surface area contributed by atoms with Gasteiger partial charge in [-0.05, 0) is 117 Å². The van der Waals surface area contributed by atoms with Crippen molar-refractivity contribution in [1.29, 1.82) is 0 Å². The SMILES string of the molecule is CC(C)=C1C[C@]2(CC[C@@H](CN3CCC4(CC3)CN(c3ncnnc3Oc3ccc(F)cc3C(=O)N(C(C)C)C(C)C)C4)CC2)NC1=O. The lowest BCUT2D eigenvalue weighted by Crippen LogP contribution is -2.61. The molecule has 1 aliphatic carbocycles. The minimum Gasteiger partial charge on any atom is -0.434 e. The number of likely N-dealkylation sites (tertiary alicyclic amines) is 1. The van der Waals surface area contributed by atoms with Crippen molar-refractivity contribution in [2.24, 2.45) is 11.3 Å². The molecule has 0 atom stereocenters. The van der Waals surface area contributed by atoms with E-state index in [0.29, 0.717) is 11.7 Å². The number of rotatable bonds is 8. The van der Waals surface area contributed by atoms with Crippen LogP contribution in [0.1, 0.15) is 96.8 Å². The standard InChI is InChI=1S/C36H50FN7O3/c1-23(2)29-18-36(40-32(29)45)11-9-26(10-12-36)19-42-15-13-35(14-16-42)20-43(21-35)31-33(41-39-22-38-31)47-30-8-7-27(37)17-28(30)34(46)44(24(3)4)25(5)6/h7-8,17,22,24-26H,9-16,18-21H2,1-6H3,(H,40,45)/t26-,36-. The number of carbonyl (C=O) groups excluding carboxylic acids is 2. The van der Waals surface area contributed by atoms with Crippen LogP contribution in [0.4, 0.5) is 10.2 Å². The van der Waals surface area contributed by atoms with Gasteiger partial charge in [0, 0.05) is 54.7 Å². The van der Waals surface area contributed by atoms with E-state index in [0.717, 1.165) is 76.0 Å². The van der Waals surface area contributed by atoms with Crippen LogP contribution in [0.15, 0.2) is 35.7 Å². The van der Waals surface area contributed by atoms with Gasteiger partial charge >= 0.3 is 0 Å². The Hall–Kier alpha value is -3.60. The van der Waals surface area contributed by atoms with E-state index in [1.165, 1.54) is 37.4 Å². The smallest absolute Gasteiger partial charge is 0.282 e. The topological polar surface area (TPSA) is 104 Å². The Morgan fingerprint density at radius 1 is 1.09 bits per heavy atom.